The van der Waals surface area contributed by atoms with Gasteiger partial charge in [-0.25, -0.2) is 0 Å². The van der Waals surface area contributed by atoms with Crippen molar-refractivity contribution in [1.29, 1.82) is 0 Å². The summed E-state index contributed by atoms with van der Waals surface area (Å²) in [6, 6.07) is 0. The van der Waals surface area contributed by atoms with Gasteiger partial charge in [-0.3, -0.25) is 0 Å². The molecule has 0 aromatic carbocycles. The number of methoxy groups -OCH3 is 1. The molecule has 0 bridgehead atoms. The van der Waals surface area contributed by atoms with Gasteiger partial charge < -0.3 is 19.0 Å². The van der Waals surface area contributed by atoms with Gasteiger partial charge in [-0.1, -0.05) is 46.8 Å². The molecule has 0 aromatic heterocycles. The van der Waals surface area contributed by atoms with Gasteiger partial charge >= 0.3 is 0 Å². The van der Waals surface area contributed by atoms with E-state index >= 15 is 0 Å². The molecule has 0 amide bonds. The van der Waals surface area contributed by atoms with E-state index in [0.717, 1.165) is 19.4 Å². The topological polar surface area (TPSA) is 47.9 Å². The van der Waals surface area contributed by atoms with Gasteiger partial charge in [0.1, 0.15) is 6.79 Å². The van der Waals surface area contributed by atoms with Crippen LogP contribution in [0.5, 0.6) is 0 Å². The molecule has 0 spiro atoms. The van der Waals surface area contributed by atoms with E-state index in [4.69, 9.17) is 19.0 Å². The van der Waals surface area contributed by atoms with Gasteiger partial charge in [-0.05, 0) is 36.9 Å². The fourth-order valence-corrected chi connectivity index (χ4v) is 3.52. The predicted octanol–water partition coefficient (Wildman–Crippen LogP) is 4.60. The average molecular weight is 361 g/mol. The van der Waals surface area contributed by atoms with Crippen LogP contribution in [0.25, 0.3) is 0 Å². The van der Waals surface area contributed by atoms with Gasteiger partial charge in [-0.2, -0.15) is 0 Å². The summed E-state index contributed by atoms with van der Waals surface area (Å²) in [6.45, 7) is 16.9. The molecule has 0 aliphatic rings. The Bertz CT molecular complexity index is 350. The third kappa shape index (κ3) is 8.76. The standard InChI is InChI=1S/C19H40O4Si/c1-16(12-10-9-11-13-20)18(22-15-21-6)17(2)14-23-24(7,8)19(3,4)5/h9,11,16-18,20H,10,12-15H2,1-8H3/b11-9+/t16-,17-,18-/m1/s1. The van der Waals surface area contributed by atoms with E-state index in [1.165, 1.54) is 0 Å². The number of rotatable bonds is 12. The summed E-state index contributed by atoms with van der Waals surface area (Å²) in [7, 11) is -0.0862. The van der Waals surface area contributed by atoms with Crippen molar-refractivity contribution in [2.75, 3.05) is 27.1 Å². The maximum atomic E-state index is 8.82. The van der Waals surface area contributed by atoms with E-state index in [2.05, 4.69) is 47.7 Å². The van der Waals surface area contributed by atoms with E-state index in [9.17, 15) is 0 Å². The summed E-state index contributed by atoms with van der Waals surface area (Å²) in [5.41, 5.74) is 0. The second-order valence-corrected chi connectivity index (χ2v) is 13.1. The van der Waals surface area contributed by atoms with E-state index in [0.29, 0.717) is 18.6 Å². The largest absolute Gasteiger partial charge is 0.416 e. The van der Waals surface area contributed by atoms with Crippen LogP contribution in [0, 0.1) is 11.8 Å². The van der Waals surface area contributed by atoms with Crippen LogP contribution in [0.4, 0.5) is 0 Å². The van der Waals surface area contributed by atoms with Gasteiger partial charge in [0.15, 0.2) is 8.32 Å². The van der Waals surface area contributed by atoms with E-state index < -0.39 is 8.32 Å². The third-order valence-electron chi connectivity index (χ3n) is 5.07. The first-order chi connectivity index (χ1) is 11.1. The smallest absolute Gasteiger partial charge is 0.191 e. The zero-order valence-corrected chi connectivity index (χ0v) is 18.1. The summed E-state index contributed by atoms with van der Waals surface area (Å²) >= 11 is 0. The van der Waals surface area contributed by atoms with Crippen LogP contribution in [-0.4, -0.2) is 46.6 Å². The lowest BCUT2D eigenvalue weighted by molar-refractivity contribution is -0.113. The van der Waals surface area contributed by atoms with Crippen molar-refractivity contribution < 1.29 is 19.0 Å². The van der Waals surface area contributed by atoms with Gasteiger partial charge in [0.2, 0.25) is 0 Å². The van der Waals surface area contributed by atoms with E-state index in [1.54, 1.807) is 13.2 Å². The lowest BCUT2D eigenvalue weighted by Gasteiger charge is -2.38. The molecule has 5 heteroatoms. The number of hydrogen-bond donors (Lipinski definition) is 1. The molecule has 0 saturated heterocycles. The van der Waals surface area contributed by atoms with Gasteiger partial charge in [0.25, 0.3) is 0 Å². The van der Waals surface area contributed by atoms with Crippen molar-refractivity contribution in [3.63, 3.8) is 0 Å². The Morgan fingerprint density at radius 2 is 1.71 bits per heavy atom. The van der Waals surface area contributed by atoms with Crippen molar-refractivity contribution in [3.05, 3.63) is 12.2 Å². The summed E-state index contributed by atoms with van der Waals surface area (Å²) in [5, 5.41) is 9.03. The Morgan fingerprint density at radius 1 is 1.08 bits per heavy atom. The maximum Gasteiger partial charge on any atom is 0.191 e. The predicted molar refractivity (Wildman–Crippen MR) is 104 cm³/mol. The highest BCUT2D eigenvalue weighted by Crippen LogP contribution is 2.37. The zero-order valence-electron chi connectivity index (χ0n) is 17.1. The van der Waals surface area contributed by atoms with Crippen LogP contribution in [-0.2, 0) is 13.9 Å². The number of allylic oxidation sites excluding steroid dienone is 1. The van der Waals surface area contributed by atoms with Crippen LogP contribution < -0.4 is 0 Å². The first-order valence-corrected chi connectivity index (χ1v) is 12.0. The lowest BCUT2D eigenvalue weighted by Crippen LogP contribution is -2.43. The molecule has 0 heterocycles. The molecule has 0 fully saturated rings. The SMILES string of the molecule is COCO[C@H]([C@H](C)CC/C=C/CO)[C@H](C)CO[Si](C)(C)C(C)(C)C. The number of ether oxygens (including phenoxy) is 2. The molecule has 0 saturated carbocycles. The highest BCUT2D eigenvalue weighted by atomic mass is 28.4. The summed E-state index contributed by atoms with van der Waals surface area (Å²) < 4.78 is 17.5. The molecule has 0 radical (unpaired) electrons. The Morgan fingerprint density at radius 3 is 2.21 bits per heavy atom. The van der Waals surface area contributed by atoms with Crippen LogP contribution in [0.15, 0.2) is 12.2 Å². The van der Waals surface area contributed by atoms with Crippen LogP contribution in [0.3, 0.4) is 0 Å². The van der Waals surface area contributed by atoms with Crippen molar-refractivity contribution in [3.8, 4) is 0 Å². The summed E-state index contributed by atoms with van der Waals surface area (Å²) in [4.78, 5) is 0. The molecule has 0 aliphatic heterocycles. The molecule has 0 aliphatic carbocycles. The second kappa shape index (κ2) is 11.4. The van der Waals surface area contributed by atoms with E-state index in [-0.39, 0.29) is 17.7 Å². The van der Waals surface area contributed by atoms with Crippen LogP contribution in [0.1, 0.15) is 47.5 Å². The van der Waals surface area contributed by atoms with Crippen molar-refractivity contribution in [2.45, 2.75) is 71.7 Å². The van der Waals surface area contributed by atoms with Gasteiger partial charge in [0, 0.05) is 19.6 Å². The Kier molecular flexibility index (Phi) is 11.3. The first kappa shape index (κ1) is 23.8. The minimum absolute atomic E-state index is 0.106. The van der Waals surface area contributed by atoms with Crippen molar-refractivity contribution in [1.82, 2.24) is 0 Å². The monoisotopic (exact) mass is 360 g/mol. The third-order valence-corrected chi connectivity index (χ3v) is 9.57. The fraction of sp³-hybridized carbons (Fsp3) is 0.895. The molecular weight excluding hydrogens is 320 g/mol. The molecular formula is C19H40O4Si. The number of hydrogen-bond acceptors (Lipinski definition) is 4. The molecule has 0 aromatic rings. The minimum Gasteiger partial charge on any atom is -0.416 e. The van der Waals surface area contributed by atoms with Crippen LogP contribution >= 0.6 is 0 Å². The van der Waals surface area contributed by atoms with E-state index in [1.807, 2.05) is 6.08 Å². The molecule has 1 N–H and O–H groups in total. The highest BCUT2D eigenvalue weighted by molar-refractivity contribution is 6.74. The van der Waals surface area contributed by atoms with Crippen molar-refractivity contribution >= 4 is 8.32 Å². The molecule has 0 rings (SSSR count). The van der Waals surface area contributed by atoms with Gasteiger partial charge in [0.05, 0.1) is 12.7 Å². The second-order valence-electron chi connectivity index (χ2n) is 8.30. The molecule has 144 valence electrons. The maximum absolute atomic E-state index is 8.82. The normalized spacial score (nSPS) is 17.2. The number of aliphatic hydroxyl groups is 1. The lowest BCUT2D eigenvalue weighted by atomic mass is 9.90. The highest BCUT2D eigenvalue weighted by Gasteiger charge is 2.38. The zero-order chi connectivity index (χ0) is 18.8. The first-order valence-electron chi connectivity index (χ1n) is 9.07. The molecule has 0 unspecified atom stereocenters. The Hall–Kier alpha value is -0.203. The van der Waals surface area contributed by atoms with Gasteiger partial charge in [-0.15, -0.1) is 0 Å². The minimum atomic E-state index is -1.74. The average Bonchev–Trinajstić information content (AvgIpc) is 2.49. The quantitative estimate of drug-likeness (QED) is 0.314. The Labute approximate surface area is 150 Å². The summed E-state index contributed by atoms with van der Waals surface area (Å²) in [6.07, 6.45) is 5.90. The summed E-state index contributed by atoms with van der Waals surface area (Å²) in [5.74, 6) is 0.715. The molecule has 24 heavy (non-hydrogen) atoms. The van der Waals surface area contributed by atoms with Crippen molar-refractivity contribution in [2.24, 2.45) is 11.8 Å². The van der Waals surface area contributed by atoms with Crippen LogP contribution in [0.2, 0.25) is 18.1 Å². The molecule has 3 atom stereocenters. The molecule has 4 nitrogen and oxygen atoms in total. The Balaban J connectivity index is 4.69. The number of aliphatic hydroxyl groups excluding tert-OH is 1. The fourth-order valence-electron chi connectivity index (χ4n) is 2.40.